The molecule has 0 spiro atoms. The molecule has 5 nitrogen and oxygen atoms in total. The lowest BCUT2D eigenvalue weighted by molar-refractivity contribution is 0.283. The van der Waals surface area contributed by atoms with E-state index in [0.29, 0.717) is 0 Å². The third kappa shape index (κ3) is 4.05. The normalized spacial score (nSPS) is 10.9. The van der Waals surface area contributed by atoms with E-state index < -0.39 is 0 Å². The van der Waals surface area contributed by atoms with E-state index in [1.807, 2.05) is 12.1 Å². The zero-order valence-corrected chi connectivity index (χ0v) is 12.5. The van der Waals surface area contributed by atoms with E-state index in [4.69, 9.17) is 5.11 Å². The van der Waals surface area contributed by atoms with Crippen molar-refractivity contribution in [3.05, 3.63) is 18.3 Å². The molecule has 0 aliphatic rings. The van der Waals surface area contributed by atoms with Crippen LogP contribution in [0.15, 0.2) is 23.5 Å². The van der Waals surface area contributed by atoms with Crippen molar-refractivity contribution in [2.75, 3.05) is 24.2 Å². The number of aliphatic hydroxyl groups is 1. The second-order valence-corrected chi connectivity index (χ2v) is 5.60. The van der Waals surface area contributed by atoms with Gasteiger partial charge in [0.25, 0.3) is 0 Å². The maximum atomic E-state index is 8.77. The molecule has 2 aromatic heterocycles. The Labute approximate surface area is 123 Å². The fraction of sp³-hybridized carbons (Fsp3) is 0.500. The molecule has 6 heteroatoms. The molecule has 0 bridgehead atoms. The Morgan fingerprint density at radius 1 is 1.25 bits per heavy atom. The van der Waals surface area contributed by atoms with Gasteiger partial charge in [0.15, 0.2) is 10.8 Å². The molecular formula is C14H20N4OS. The molecule has 2 rings (SSSR count). The summed E-state index contributed by atoms with van der Waals surface area (Å²) < 4.78 is 0. The average Bonchev–Trinajstić information content (AvgIpc) is 2.47. The van der Waals surface area contributed by atoms with Crippen LogP contribution in [-0.4, -0.2) is 39.0 Å². The van der Waals surface area contributed by atoms with Gasteiger partial charge in [-0.2, -0.15) is 0 Å². The molecule has 2 aromatic rings. The van der Waals surface area contributed by atoms with Gasteiger partial charge in [0.05, 0.1) is 5.39 Å². The summed E-state index contributed by atoms with van der Waals surface area (Å²) in [7, 11) is 0. The number of aliphatic hydroxyl groups excluding tert-OH is 1. The summed E-state index contributed by atoms with van der Waals surface area (Å²) in [6, 6.07) is 3.88. The molecule has 0 aliphatic heterocycles. The third-order valence-electron chi connectivity index (χ3n) is 2.85. The van der Waals surface area contributed by atoms with Crippen molar-refractivity contribution in [1.29, 1.82) is 0 Å². The lowest BCUT2D eigenvalue weighted by atomic mass is 10.2. The van der Waals surface area contributed by atoms with Gasteiger partial charge < -0.3 is 10.4 Å². The third-order valence-corrected chi connectivity index (χ3v) is 3.58. The number of rotatable bonds is 8. The number of hydrogen-bond acceptors (Lipinski definition) is 6. The van der Waals surface area contributed by atoms with E-state index >= 15 is 0 Å². The number of hydrogen-bond donors (Lipinski definition) is 2. The quantitative estimate of drug-likeness (QED) is 0.443. The highest BCUT2D eigenvalue weighted by atomic mass is 32.2. The van der Waals surface area contributed by atoms with Crippen LogP contribution in [-0.2, 0) is 0 Å². The minimum absolute atomic E-state index is 0.262. The number of fused-ring (bicyclic) bond motifs is 1. The Kier molecular flexibility index (Phi) is 6.01. The Bertz CT molecular complexity index is 550. The summed E-state index contributed by atoms with van der Waals surface area (Å²) in [6.07, 6.45) is 4.63. The van der Waals surface area contributed by atoms with E-state index in [9.17, 15) is 0 Å². The summed E-state index contributed by atoms with van der Waals surface area (Å²) >= 11 is 1.62. The molecule has 2 heterocycles. The van der Waals surface area contributed by atoms with Crippen molar-refractivity contribution >= 4 is 28.6 Å². The molecule has 0 unspecified atom stereocenters. The van der Waals surface area contributed by atoms with Crippen molar-refractivity contribution in [3.8, 4) is 0 Å². The van der Waals surface area contributed by atoms with Gasteiger partial charge in [-0.1, -0.05) is 18.7 Å². The molecule has 0 saturated heterocycles. The van der Waals surface area contributed by atoms with Crippen LogP contribution in [0.1, 0.15) is 26.2 Å². The Morgan fingerprint density at radius 2 is 2.15 bits per heavy atom. The standard InChI is InChI=1S/C14H20N4OS/c1-2-20-14-17-12(15-8-4-3-5-10-19)11-7-6-9-16-13(11)18-14/h6-7,9,19H,2-5,8,10H2,1H3,(H,15,16,17,18). The summed E-state index contributed by atoms with van der Waals surface area (Å²) in [5.41, 5.74) is 0.733. The van der Waals surface area contributed by atoms with Crippen molar-refractivity contribution in [1.82, 2.24) is 15.0 Å². The van der Waals surface area contributed by atoms with E-state index in [-0.39, 0.29) is 6.61 Å². The maximum absolute atomic E-state index is 8.77. The fourth-order valence-electron chi connectivity index (χ4n) is 1.89. The highest BCUT2D eigenvalue weighted by molar-refractivity contribution is 7.99. The molecule has 0 atom stereocenters. The molecule has 0 aromatic carbocycles. The zero-order chi connectivity index (χ0) is 14.2. The monoisotopic (exact) mass is 292 g/mol. The predicted molar refractivity (Wildman–Crippen MR) is 83.2 cm³/mol. The number of thioether (sulfide) groups is 1. The lowest BCUT2D eigenvalue weighted by Gasteiger charge is -2.09. The van der Waals surface area contributed by atoms with Gasteiger partial charge in [-0.05, 0) is 37.1 Å². The highest BCUT2D eigenvalue weighted by Crippen LogP contribution is 2.22. The number of unbranched alkanes of at least 4 members (excludes halogenated alkanes) is 2. The molecule has 0 radical (unpaired) electrons. The van der Waals surface area contributed by atoms with E-state index in [1.54, 1.807) is 18.0 Å². The fourth-order valence-corrected chi connectivity index (χ4v) is 2.46. The van der Waals surface area contributed by atoms with Crippen molar-refractivity contribution in [2.24, 2.45) is 0 Å². The minimum Gasteiger partial charge on any atom is -0.396 e. The van der Waals surface area contributed by atoms with Crippen LogP contribution in [0.25, 0.3) is 11.0 Å². The zero-order valence-electron chi connectivity index (χ0n) is 11.7. The van der Waals surface area contributed by atoms with Crippen LogP contribution < -0.4 is 5.32 Å². The molecule has 20 heavy (non-hydrogen) atoms. The Balaban J connectivity index is 2.12. The largest absolute Gasteiger partial charge is 0.396 e. The van der Waals surface area contributed by atoms with Crippen LogP contribution in [0, 0.1) is 0 Å². The van der Waals surface area contributed by atoms with Crippen LogP contribution in [0.5, 0.6) is 0 Å². The van der Waals surface area contributed by atoms with Crippen LogP contribution in [0.4, 0.5) is 5.82 Å². The second kappa shape index (κ2) is 8.01. The topological polar surface area (TPSA) is 70.9 Å². The van der Waals surface area contributed by atoms with Gasteiger partial charge in [-0.15, -0.1) is 0 Å². The number of aromatic nitrogens is 3. The first kappa shape index (κ1) is 15.0. The van der Waals surface area contributed by atoms with Crippen LogP contribution in [0.3, 0.4) is 0 Å². The molecule has 0 fully saturated rings. The highest BCUT2D eigenvalue weighted by Gasteiger charge is 2.07. The Morgan fingerprint density at radius 3 is 2.95 bits per heavy atom. The van der Waals surface area contributed by atoms with Crippen LogP contribution in [0.2, 0.25) is 0 Å². The first-order valence-corrected chi connectivity index (χ1v) is 7.94. The van der Waals surface area contributed by atoms with E-state index in [0.717, 1.165) is 53.6 Å². The van der Waals surface area contributed by atoms with E-state index in [2.05, 4.69) is 27.2 Å². The number of anilines is 1. The number of nitrogens with one attached hydrogen (secondary N) is 1. The van der Waals surface area contributed by atoms with Gasteiger partial charge in [0, 0.05) is 19.3 Å². The maximum Gasteiger partial charge on any atom is 0.191 e. The van der Waals surface area contributed by atoms with Gasteiger partial charge >= 0.3 is 0 Å². The smallest absolute Gasteiger partial charge is 0.191 e. The summed E-state index contributed by atoms with van der Waals surface area (Å²) in [5, 5.41) is 13.8. The average molecular weight is 292 g/mol. The minimum atomic E-state index is 0.262. The molecular weight excluding hydrogens is 272 g/mol. The second-order valence-electron chi connectivity index (χ2n) is 4.37. The summed E-state index contributed by atoms with van der Waals surface area (Å²) in [6.45, 7) is 3.19. The molecule has 0 amide bonds. The molecule has 2 N–H and O–H groups in total. The van der Waals surface area contributed by atoms with Crippen molar-refractivity contribution in [3.63, 3.8) is 0 Å². The number of nitrogens with zero attached hydrogens (tertiary/aromatic N) is 3. The Hall–Kier alpha value is -1.40. The molecule has 0 saturated carbocycles. The van der Waals surface area contributed by atoms with Gasteiger partial charge in [0.2, 0.25) is 0 Å². The van der Waals surface area contributed by atoms with E-state index in [1.165, 1.54) is 0 Å². The number of pyridine rings is 1. The first-order valence-electron chi connectivity index (χ1n) is 6.95. The van der Waals surface area contributed by atoms with Crippen LogP contribution >= 0.6 is 11.8 Å². The van der Waals surface area contributed by atoms with Gasteiger partial charge in [-0.25, -0.2) is 15.0 Å². The van der Waals surface area contributed by atoms with Crippen molar-refractivity contribution < 1.29 is 5.11 Å². The van der Waals surface area contributed by atoms with Gasteiger partial charge in [-0.3, -0.25) is 0 Å². The predicted octanol–water partition coefficient (Wildman–Crippen LogP) is 2.71. The SMILES string of the molecule is CCSc1nc(NCCCCCO)c2cccnc2n1. The molecule has 108 valence electrons. The lowest BCUT2D eigenvalue weighted by Crippen LogP contribution is -2.06. The summed E-state index contributed by atoms with van der Waals surface area (Å²) in [5.74, 6) is 1.79. The first-order chi connectivity index (χ1) is 9.85. The summed E-state index contributed by atoms with van der Waals surface area (Å²) in [4.78, 5) is 13.3. The van der Waals surface area contributed by atoms with Crippen molar-refractivity contribution in [2.45, 2.75) is 31.3 Å². The van der Waals surface area contributed by atoms with Gasteiger partial charge in [0.1, 0.15) is 5.82 Å². The molecule has 0 aliphatic carbocycles.